The fourth-order valence-electron chi connectivity index (χ4n) is 2.37. The molecule has 1 aromatic rings. The first-order valence-corrected chi connectivity index (χ1v) is 5.79. The molecule has 0 aromatic heterocycles. The van der Waals surface area contributed by atoms with E-state index in [1.54, 1.807) is 12.1 Å². The van der Waals surface area contributed by atoms with Crippen molar-refractivity contribution in [1.82, 2.24) is 11.5 Å². The number of amides is 2. The number of hydrogen-bond acceptors (Lipinski definition) is 4. The van der Waals surface area contributed by atoms with E-state index in [4.69, 9.17) is 5.73 Å². The van der Waals surface area contributed by atoms with Crippen molar-refractivity contribution in [2.75, 3.05) is 5.73 Å². The van der Waals surface area contributed by atoms with Crippen LogP contribution in [-0.4, -0.2) is 11.8 Å². The van der Waals surface area contributed by atoms with Gasteiger partial charge in [-0.2, -0.15) is 0 Å². The van der Waals surface area contributed by atoms with Crippen molar-refractivity contribution < 1.29 is 9.59 Å². The maximum Gasteiger partial charge on any atom is 0.237 e. The largest absolute Gasteiger partial charge is 0.399 e. The summed E-state index contributed by atoms with van der Waals surface area (Å²) in [7, 11) is 0. The smallest absolute Gasteiger partial charge is 0.237 e. The molecule has 6 N–H and O–H groups in total. The Bertz CT molecular complexity index is 456. The Labute approximate surface area is 106 Å². The molecule has 0 radical (unpaired) electrons. The molecule has 2 rings (SSSR count). The summed E-state index contributed by atoms with van der Waals surface area (Å²) in [6, 6.07) is 7.31. The average Bonchev–Trinajstić information content (AvgIpc) is 2.31. The molecule has 0 bridgehead atoms. The van der Waals surface area contributed by atoms with Gasteiger partial charge in [-0.25, -0.2) is 0 Å². The molecule has 1 atom stereocenters. The van der Waals surface area contributed by atoms with Gasteiger partial charge in [-0.15, -0.1) is 0 Å². The second kappa shape index (κ2) is 5.18. The topological polar surface area (TPSA) is 107 Å². The minimum Gasteiger partial charge on any atom is -0.399 e. The van der Waals surface area contributed by atoms with Gasteiger partial charge in [0.05, 0.1) is 5.41 Å². The summed E-state index contributed by atoms with van der Waals surface area (Å²) in [6.07, 6.45) is 1.64. The third kappa shape index (κ3) is 2.22. The SMILES string of the molecule is CCC1(c2ccc(N)cc2)CCC(=O)NC1=O.N. The van der Waals surface area contributed by atoms with Gasteiger partial charge in [0, 0.05) is 12.1 Å². The molecule has 98 valence electrons. The van der Waals surface area contributed by atoms with Crippen molar-refractivity contribution >= 4 is 17.5 Å². The number of nitrogen functional groups attached to an aromatic ring is 1. The fourth-order valence-corrected chi connectivity index (χ4v) is 2.37. The van der Waals surface area contributed by atoms with E-state index in [9.17, 15) is 9.59 Å². The van der Waals surface area contributed by atoms with Crippen LogP contribution < -0.4 is 17.2 Å². The van der Waals surface area contributed by atoms with E-state index in [0.717, 1.165) is 5.56 Å². The lowest BCUT2D eigenvalue weighted by Gasteiger charge is -2.34. The lowest BCUT2D eigenvalue weighted by Crippen LogP contribution is -2.51. The monoisotopic (exact) mass is 249 g/mol. The van der Waals surface area contributed by atoms with Gasteiger partial charge in [0.1, 0.15) is 0 Å². The van der Waals surface area contributed by atoms with Gasteiger partial charge in [-0.1, -0.05) is 19.1 Å². The van der Waals surface area contributed by atoms with Crippen LogP contribution in [0.2, 0.25) is 0 Å². The number of imide groups is 1. The number of nitrogens with two attached hydrogens (primary N) is 1. The van der Waals surface area contributed by atoms with Crippen LogP contribution in [0.4, 0.5) is 5.69 Å². The Balaban J connectivity index is 0.00000162. The average molecular weight is 249 g/mol. The zero-order chi connectivity index (χ0) is 12.5. The van der Waals surface area contributed by atoms with Crippen LogP contribution in [0.25, 0.3) is 0 Å². The molecule has 1 aliphatic heterocycles. The number of anilines is 1. The maximum absolute atomic E-state index is 12.1. The minimum absolute atomic E-state index is 0. The molecular formula is C13H19N3O2. The van der Waals surface area contributed by atoms with E-state index in [1.807, 2.05) is 19.1 Å². The zero-order valence-electron chi connectivity index (χ0n) is 10.5. The molecular weight excluding hydrogens is 230 g/mol. The van der Waals surface area contributed by atoms with Gasteiger partial charge in [-0.3, -0.25) is 14.9 Å². The fraction of sp³-hybridized carbons (Fsp3) is 0.385. The second-order valence-corrected chi connectivity index (χ2v) is 4.43. The summed E-state index contributed by atoms with van der Waals surface area (Å²) in [5.41, 5.74) is 6.66. The molecule has 0 saturated carbocycles. The van der Waals surface area contributed by atoms with E-state index in [-0.39, 0.29) is 18.0 Å². The van der Waals surface area contributed by atoms with Gasteiger partial charge in [0.2, 0.25) is 11.8 Å². The molecule has 5 nitrogen and oxygen atoms in total. The zero-order valence-corrected chi connectivity index (χ0v) is 10.5. The van der Waals surface area contributed by atoms with Crippen LogP contribution in [0, 0.1) is 0 Å². The van der Waals surface area contributed by atoms with E-state index < -0.39 is 5.41 Å². The van der Waals surface area contributed by atoms with Crippen LogP contribution in [-0.2, 0) is 15.0 Å². The molecule has 1 heterocycles. The summed E-state index contributed by atoms with van der Waals surface area (Å²) in [4.78, 5) is 23.3. The van der Waals surface area contributed by atoms with Crippen molar-refractivity contribution in [1.29, 1.82) is 0 Å². The molecule has 0 spiro atoms. The summed E-state index contributed by atoms with van der Waals surface area (Å²) in [5, 5.41) is 2.43. The van der Waals surface area contributed by atoms with E-state index in [2.05, 4.69) is 5.32 Å². The van der Waals surface area contributed by atoms with Crippen LogP contribution in [0.15, 0.2) is 24.3 Å². The lowest BCUT2D eigenvalue weighted by molar-refractivity contribution is -0.138. The van der Waals surface area contributed by atoms with E-state index in [0.29, 0.717) is 24.9 Å². The van der Waals surface area contributed by atoms with Gasteiger partial charge in [0.15, 0.2) is 0 Å². The quantitative estimate of drug-likeness (QED) is 0.545. The van der Waals surface area contributed by atoms with E-state index >= 15 is 0 Å². The molecule has 1 saturated heterocycles. The van der Waals surface area contributed by atoms with Crippen molar-refractivity contribution in [2.24, 2.45) is 0 Å². The Morgan fingerprint density at radius 1 is 1.28 bits per heavy atom. The number of carbonyl (C=O) groups excluding carboxylic acids is 2. The van der Waals surface area contributed by atoms with Gasteiger partial charge >= 0.3 is 0 Å². The Kier molecular flexibility index (Phi) is 4.08. The number of carbonyl (C=O) groups is 2. The van der Waals surface area contributed by atoms with Gasteiger partial charge in [0.25, 0.3) is 0 Å². The molecule has 1 aliphatic rings. The van der Waals surface area contributed by atoms with Crippen molar-refractivity contribution in [3.63, 3.8) is 0 Å². The number of rotatable bonds is 2. The van der Waals surface area contributed by atoms with Crippen molar-refractivity contribution in [3.05, 3.63) is 29.8 Å². The summed E-state index contributed by atoms with van der Waals surface area (Å²) in [5.74, 6) is -0.379. The first kappa shape index (κ1) is 14.2. The molecule has 5 heteroatoms. The highest BCUT2D eigenvalue weighted by Crippen LogP contribution is 2.35. The summed E-state index contributed by atoms with van der Waals surface area (Å²) >= 11 is 0. The van der Waals surface area contributed by atoms with Crippen LogP contribution in [0.5, 0.6) is 0 Å². The van der Waals surface area contributed by atoms with Gasteiger partial charge < -0.3 is 11.9 Å². The number of piperidine rings is 1. The lowest BCUT2D eigenvalue weighted by atomic mass is 9.72. The van der Waals surface area contributed by atoms with Crippen molar-refractivity contribution in [2.45, 2.75) is 31.6 Å². The van der Waals surface area contributed by atoms with Gasteiger partial charge in [-0.05, 0) is 30.5 Å². The van der Waals surface area contributed by atoms with Crippen LogP contribution >= 0.6 is 0 Å². The minimum atomic E-state index is -0.582. The third-order valence-corrected chi connectivity index (χ3v) is 3.53. The first-order valence-electron chi connectivity index (χ1n) is 5.79. The normalized spacial score (nSPS) is 23.2. The number of nitrogens with one attached hydrogen (secondary N) is 1. The second-order valence-electron chi connectivity index (χ2n) is 4.43. The highest BCUT2D eigenvalue weighted by molar-refractivity contribution is 6.03. The van der Waals surface area contributed by atoms with Crippen LogP contribution in [0.1, 0.15) is 31.7 Å². The standard InChI is InChI=1S/C13H16N2O2.H3N/c1-2-13(8-7-11(16)15-12(13)17)9-3-5-10(14)6-4-9;/h3-6H,2,7-8,14H2,1H3,(H,15,16,17);1H3. The predicted octanol–water partition coefficient (Wildman–Crippen LogP) is 1.52. The predicted molar refractivity (Wildman–Crippen MR) is 70.2 cm³/mol. The molecule has 1 fully saturated rings. The number of hydrogen-bond donors (Lipinski definition) is 3. The summed E-state index contributed by atoms with van der Waals surface area (Å²) < 4.78 is 0. The highest BCUT2D eigenvalue weighted by atomic mass is 16.2. The van der Waals surface area contributed by atoms with E-state index in [1.165, 1.54) is 0 Å². The van der Waals surface area contributed by atoms with Crippen LogP contribution in [0.3, 0.4) is 0 Å². The molecule has 2 amide bonds. The number of benzene rings is 1. The third-order valence-electron chi connectivity index (χ3n) is 3.53. The summed E-state index contributed by atoms with van der Waals surface area (Å²) in [6.45, 7) is 1.96. The molecule has 18 heavy (non-hydrogen) atoms. The maximum atomic E-state index is 12.1. The van der Waals surface area contributed by atoms with Crippen molar-refractivity contribution in [3.8, 4) is 0 Å². The molecule has 0 aliphatic carbocycles. The molecule has 1 aromatic carbocycles. The Hall–Kier alpha value is -1.88. The Morgan fingerprint density at radius 2 is 1.89 bits per heavy atom. The molecule has 1 unspecified atom stereocenters. The Morgan fingerprint density at radius 3 is 2.39 bits per heavy atom. The first-order chi connectivity index (χ1) is 8.08. The highest BCUT2D eigenvalue weighted by Gasteiger charge is 2.42.